The summed E-state index contributed by atoms with van der Waals surface area (Å²) in [7, 11) is 0. The van der Waals surface area contributed by atoms with E-state index in [0.717, 1.165) is 38.0 Å². The summed E-state index contributed by atoms with van der Waals surface area (Å²) in [6, 6.07) is 0.749. The lowest BCUT2D eigenvalue weighted by atomic mass is 10.4. The molecule has 0 aromatic carbocycles. The van der Waals surface area contributed by atoms with Crippen molar-refractivity contribution >= 4 is 0 Å². The molecule has 4 heteroatoms. The van der Waals surface area contributed by atoms with Gasteiger partial charge >= 0.3 is 0 Å². The monoisotopic (exact) mass is 209 g/mol. The number of hydrogen-bond donors (Lipinski definition) is 1. The van der Waals surface area contributed by atoms with Crippen molar-refractivity contribution in [3.05, 3.63) is 18.2 Å². The van der Waals surface area contributed by atoms with Crippen molar-refractivity contribution in [2.45, 2.75) is 38.9 Å². The fourth-order valence-corrected chi connectivity index (χ4v) is 1.47. The summed E-state index contributed by atoms with van der Waals surface area (Å²) in [5, 5.41) is 3.45. The van der Waals surface area contributed by atoms with Gasteiger partial charge in [0.25, 0.3) is 0 Å². The van der Waals surface area contributed by atoms with Gasteiger partial charge in [-0.15, -0.1) is 0 Å². The van der Waals surface area contributed by atoms with E-state index in [2.05, 4.69) is 21.1 Å². The van der Waals surface area contributed by atoms with Gasteiger partial charge in [-0.25, -0.2) is 4.98 Å². The molecule has 1 fully saturated rings. The number of aromatic nitrogens is 2. The van der Waals surface area contributed by atoms with Gasteiger partial charge in [0.1, 0.15) is 0 Å². The van der Waals surface area contributed by atoms with Gasteiger partial charge in [0, 0.05) is 31.9 Å². The summed E-state index contributed by atoms with van der Waals surface area (Å²) in [4.78, 5) is 4.34. The largest absolute Gasteiger partial charge is 0.380 e. The second-order valence-electron chi connectivity index (χ2n) is 3.95. The molecule has 0 bridgehead atoms. The Hall–Kier alpha value is -0.870. The molecule has 1 saturated carbocycles. The SMILES string of the molecule is CCOCCn1cnc(CNC2CC2)c1. The first kappa shape index (κ1) is 10.6. The molecule has 1 aliphatic carbocycles. The number of rotatable bonds is 7. The van der Waals surface area contributed by atoms with E-state index in [9.17, 15) is 0 Å². The summed E-state index contributed by atoms with van der Waals surface area (Å²) in [5.74, 6) is 0. The first-order chi connectivity index (χ1) is 7.38. The second kappa shape index (κ2) is 5.28. The van der Waals surface area contributed by atoms with E-state index < -0.39 is 0 Å². The van der Waals surface area contributed by atoms with Crippen LogP contribution in [0.15, 0.2) is 12.5 Å². The molecular weight excluding hydrogens is 190 g/mol. The van der Waals surface area contributed by atoms with E-state index in [1.807, 2.05) is 13.3 Å². The fourth-order valence-electron chi connectivity index (χ4n) is 1.47. The summed E-state index contributed by atoms with van der Waals surface area (Å²) < 4.78 is 7.37. The highest BCUT2D eigenvalue weighted by Crippen LogP contribution is 2.18. The first-order valence-corrected chi connectivity index (χ1v) is 5.70. The molecule has 0 radical (unpaired) electrons. The van der Waals surface area contributed by atoms with Crippen molar-refractivity contribution in [3.63, 3.8) is 0 Å². The Balaban J connectivity index is 1.70. The quantitative estimate of drug-likeness (QED) is 0.685. The van der Waals surface area contributed by atoms with E-state index in [-0.39, 0.29) is 0 Å². The number of nitrogens with one attached hydrogen (secondary N) is 1. The van der Waals surface area contributed by atoms with Gasteiger partial charge in [-0.05, 0) is 19.8 Å². The summed E-state index contributed by atoms with van der Waals surface area (Å²) in [6.45, 7) is 5.35. The molecular formula is C11H19N3O. The predicted octanol–water partition coefficient (Wildman–Crippen LogP) is 1.17. The Kier molecular flexibility index (Phi) is 3.75. The maximum Gasteiger partial charge on any atom is 0.0950 e. The minimum absolute atomic E-state index is 0.749. The number of nitrogens with zero attached hydrogens (tertiary/aromatic N) is 2. The van der Waals surface area contributed by atoms with Crippen LogP contribution in [0, 0.1) is 0 Å². The minimum Gasteiger partial charge on any atom is -0.380 e. The molecule has 4 nitrogen and oxygen atoms in total. The van der Waals surface area contributed by atoms with Crippen molar-refractivity contribution in [3.8, 4) is 0 Å². The molecule has 0 aliphatic heterocycles. The van der Waals surface area contributed by atoms with Crippen LogP contribution in [0.4, 0.5) is 0 Å². The highest BCUT2D eigenvalue weighted by atomic mass is 16.5. The van der Waals surface area contributed by atoms with Crippen LogP contribution in [0.3, 0.4) is 0 Å². The molecule has 0 atom stereocenters. The zero-order valence-corrected chi connectivity index (χ0v) is 9.28. The number of imidazole rings is 1. The second-order valence-corrected chi connectivity index (χ2v) is 3.95. The van der Waals surface area contributed by atoms with E-state index in [1.165, 1.54) is 12.8 Å². The van der Waals surface area contributed by atoms with E-state index in [0.29, 0.717) is 0 Å². The normalized spacial score (nSPS) is 15.8. The predicted molar refractivity (Wildman–Crippen MR) is 58.6 cm³/mol. The van der Waals surface area contributed by atoms with Crippen LogP contribution in [0.1, 0.15) is 25.5 Å². The van der Waals surface area contributed by atoms with Crippen molar-refractivity contribution in [1.82, 2.24) is 14.9 Å². The highest BCUT2D eigenvalue weighted by Gasteiger charge is 2.20. The minimum atomic E-state index is 0.749. The maximum atomic E-state index is 5.29. The van der Waals surface area contributed by atoms with E-state index >= 15 is 0 Å². The molecule has 1 aromatic rings. The smallest absolute Gasteiger partial charge is 0.0950 e. The molecule has 15 heavy (non-hydrogen) atoms. The molecule has 1 heterocycles. The van der Waals surface area contributed by atoms with Crippen LogP contribution in [-0.4, -0.2) is 28.8 Å². The van der Waals surface area contributed by atoms with E-state index in [1.54, 1.807) is 0 Å². The summed E-state index contributed by atoms with van der Waals surface area (Å²) >= 11 is 0. The van der Waals surface area contributed by atoms with Gasteiger partial charge in [0.15, 0.2) is 0 Å². The lowest BCUT2D eigenvalue weighted by Gasteiger charge is -2.01. The van der Waals surface area contributed by atoms with Crippen LogP contribution in [0.2, 0.25) is 0 Å². The fraction of sp³-hybridized carbons (Fsp3) is 0.727. The van der Waals surface area contributed by atoms with Crippen molar-refractivity contribution in [1.29, 1.82) is 0 Å². The topological polar surface area (TPSA) is 39.1 Å². The molecule has 0 unspecified atom stereocenters. The Morgan fingerprint density at radius 3 is 3.20 bits per heavy atom. The summed E-state index contributed by atoms with van der Waals surface area (Å²) in [5.41, 5.74) is 1.12. The van der Waals surface area contributed by atoms with Crippen molar-refractivity contribution < 1.29 is 4.74 Å². The van der Waals surface area contributed by atoms with Crippen LogP contribution in [0.5, 0.6) is 0 Å². The Morgan fingerprint density at radius 1 is 1.60 bits per heavy atom. The molecule has 0 saturated heterocycles. The Labute approximate surface area is 90.6 Å². The molecule has 0 spiro atoms. The first-order valence-electron chi connectivity index (χ1n) is 5.70. The van der Waals surface area contributed by atoms with E-state index in [4.69, 9.17) is 4.74 Å². The van der Waals surface area contributed by atoms with Gasteiger partial charge < -0.3 is 14.6 Å². The third-order valence-electron chi connectivity index (χ3n) is 2.53. The Bertz CT molecular complexity index is 294. The molecule has 2 rings (SSSR count). The molecule has 0 amide bonds. The third kappa shape index (κ3) is 3.64. The molecule has 1 N–H and O–H groups in total. The van der Waals surface area contributed by atoms with Crippen LogP contribution in [-0.2, 0) is 17.8 Å². The molecule has 1 aromatic heterocycles. The zero-order chi connectivity index (χ0) is 10.5. The van der Waals surface area contributed by atoms with Crippen molar-refractivity contribution in [2.24, 2.45) is 0 Å². The van der Waals surface area contributed by atoms with Gasteiger partial charge in [0.05, 0.1) is 18.6 Å². The van der Waals surface area contributed by atoms with Crippen LogP contribution >= 0.6 is 0 Å². The van der Waals surface area contributed by atoms with Crippen molar-refractivity contribution in [2.75, 3.05) is 13.2 Å². The average Bonchev–Trinajstić information content (AvgIpc) is 2.97. The number of ether oxygens (including phenoxy) is 1. The van der Waals surface area contributed by atoms with Gasteiger partial charge in [0.2, 0.25) is 0 Å². The molecule has 1 aliphatic rings. The Morgan fingerprint density at radius 2 is 2.47 bits per heavy atom. The van der Waals surface area contributed by atoms with Gasteiger partial charge in [-0.1, -0.05) is 0 Å². The summed E-state index contributed by atoms with van der Waals surface area (Å²) in [6.07, 6.45) is 6.62. The van der Waals surface area contributed by atoms with Crippen LogP contribution in [0.25, 0.3) is 0 Å². The zero-order valence-electron chi connectivity index (χ0n) is 9.28. The van der Waals surface area contributed by atoms with Crippen LogP contribution < -0.4 is 5.32 Å². The van der Waals surface area contributed by atoms with Gasteiger partial charge in [-0.2, -0.15) is 0 Å². The van der Waals surface area contributed by atoms with Gasteiger partial charge in [-0.3, -0.25) is 0 Å². The highest BCUT2D eigenvalue weighted by molar-refractivity contribution is 4.97. The lowest BCUT2D eigenvalue weighted by Crippen LogP contribution is -2.15. The third-order valence-corrected chi connectivity index (χ3v) is 2.53. The maximum absolute atomic E-state index is 5.29. The molecule has 84 valence electrons. The number of hydrogen-bond acceptors (Lipinski definition) is 3. The standard InChI is InChI=1S/C11H19N3O/c1-2-15-6-5-14-8-11(13-9-14)7-12-10-3-4-10/h8-10,12H,2-7H2,1H3. The lowest BCUT2D eigenvalue weighted by molar-refractivity contribution is 0.139. The average molecular weight is 209 g/mol.